The van der Waals surface area contributed by atoms with E-state index in [1.54, 1.807) is 0 Å². The SMILES string of the molecule is CCCC(C#N)NS(=O)(=O)c1ccc(Cl)c(F)c1Cl. The fourth-order valence-electron chi connectivity index (χ4n) is 1.40. The maximum absolute atomic E-state index is 13.5. The lowest BCUT2D eigenvalue weighted by molar-refractivity contribution is 0.560. The van der Waals surface area contributed by atoms with Crippen LogP contribution in [0.25, 0.3) is 0 Å². The van der Waals surface area contributed by atoms with Crippen LogP contribution in [-0.4, -0.2) is 14.5 Å². The summed E-state index contributed by atoms with van der Waals surface area (Å²) in [4.78, 5) is -0.438. The minimum atomic E-state index is -4.07. The second-order valence-corrected chi connectivity index (χ2v) is 6.23. The van der Waals surface area contributed by atoms with Gasteiger partial charge in [-0.15, -0.1) is 0 Å². The molecule has 1 unspecified atom stereocenters. The second-order valence-electron chi connectivity index (χ2n) is 3.77. The Kier molecular flexibility index (Phi) is 5.56. The molecule has 1 aromatic rings. The number of sulfonamides is 1. The van der Waals surface area contributed by atoms with Gasteiger partial charge in [0.25, 0.3) is 0 Å². The lowest BCUT2D eigenvalue weighted by atomic mass is 10.2. The molecule has 0 radical (unpaired) electrons. The van der Waals surface area contributed by atoms with Gasteiger partial charge in [0.05, 0.1) is 16.1 Å². The molecule has 0 bridgehead atoms. The first-order valence-corrected chi connectivity index (χ1v) is 7.62. The van der Waals surface area contributed by atoms with Crippen LogP contribution in [0.4, 0.5) is 4.39 Å². The van der Waals surface area contributed by atoms with E-state index in [4.69, 9.17) is 28.5 Å². The van der Waals surface area contributed by atoms with Crippen molar-refractivity contribution in [1.29, 1.82) is 5.26 Å². The average molecular weight is 325 g/mol. The van der Waals surface area contributed by atoms with Gasteiger partial charge in [-0.05, 0) is 18.6 Å². The highest BCUT2D eigenvalue weighted by Gasteiger charge is 2.24. The molecule has 0 saturated carbocycles. The minimum Gasteiger partial charge on any atom is -0.207 e. The fraction of sp³-hybridized carbons (Fsp3) is 0.364. The van der Waals surface area contributed by atoms with Crippen molar-refractivity contribution in [1.82, 2.24) is 4.72 Å². The highest BCUT2D eigenvalue weighted by atomic mass is 35.5. The smallest absolute Gasteiger partial charge is 0.207 e. The Hall–Kier alpha value is -0.870. The van der Waals surface area contributed by atoms with Crippen LogP contribution in [0.5, 0.6) is 0 Å². The molecule has 0 saturated heterocycles. The van der Waals surface area contributed by atoms with Crippen LogP contribution in [0.1, 0.15) is 19.8 Å². The zero-order valence-corrected chi connectivity index (χ0v) is 12.3. The van der Waals surface area contributed by atoms with E-state index in [0.717, 1.165) is 12.1 Å². The third-order valence-corrected chi connectivity index (χ3v) is 4.61. The lowest BCUT2D eigenvalue weighted by Gasteiger charge is -2.12. The van der Waals surface area contributed by atoms with Crippen LogP contribution in [0.2, 0.25) is 10.0 Å². The zero-order valence-electron chi connectivity index (χ0n) is 9.95. The molecule has 1 aromatic carbocycles. The standard InChI is InChI=1S/C11H11Cl2FN2O2S/c1-2-3-7(6-15)16-19(17,18)9-5-4-8(12)11(14)10(9)13/h4-5,7,16H,2-3H2,1H3. The van der Waals surface area contributed by atoms with Crippen molar-refractivity contribution in [3.63, 3.8) is 0 Å². The fourth-order valence-corrected chi connectivity index (χ4v) is 3.33. The van der Waals surface area contributed by atoms with E-state index in [1.165, 1.54) is 0 Å². The summed E-state index contributed by atoms with van der Waals surface area (Å²) in [5.74, 6) is -1.00. The molecule has 104 valence electrons. The van der Waals surface area contributed by atoms with Crippen molar-refractivity contribution >= 4 is 33.2 Å². The third-order valence-electron chi connectivity index (χ3n) is 2.32. The van der Waals surface area contributed by atoms with Gasteiger partial charge in [0.15, 0.2) is 5.82 Å². The number of nitrogens with zero attached hydrogens (tertiary/aromatic N) is 1. The molecule has 4 nitrogen and oxygen atoms in total. The van der Waals surface area contributed by atoms with Crippen molar-refractivity contribution in [2.24, 2.45) is 0 Å². The van der Waals surface area contributed by atoms with Crippen LogP contribution in [-0.2, 0) is 10.0 Å². The summed E-state index contributed by atoms with van der Waals surface area (Å²) in [6.45, 7) is 1.81. The van der Waals surface area contributed by atoms with E-state index in [1.807, 2.05) is 13.0 Å². The Morgan fingerprint density at radius 2 is 2.11 bits per heavy atom. The van der Waals surface area contributed by atoms with Crippen LogP contribution < -0.4 is 4.72 Å². The van der Waals surface area contributed by atoms with Gasteiger partial charge in [-0.3, -0.25) is 0 Å². The number of halogens is 3. The normalized spacial score (nSPS) is 13.0. The maximum atomic E-state index is 13.5. The molecule has 1 N–H and O–H groups in total. The number of nitrogens with one attached hydrogen (secondary N) is 1. The quantitative estimate of drug-likeness (QED) is 0.846. The van der Waals surface area contributed by atoms with Gasteiger partial charge in [0, 0.05) is 0 Å². The van der Waals surface area contributed by atoms with Gasteiger partial charge in [-0.25, -0.2) is 12.8 Å². The molecule has 0 aliphatic rings. The van der Waals surface area contributed by atoms with Crippen molar-refractivity contribution in [2.75, 3.05) is 0 Å². The Morgan fingerprint density at radius 1 is 1.47 bits per heavy atom. The van der Waals surface area contributed by atoms with Crippen LogP contribution in [0.3, 0.4) is 0 Å². The van der Waals surface area contributed by atoms with Crippen molar-refractivity contribution < 1.29 is 12.8 Å². The largest absolute Gasteiger partial charge is 0.243 e. The molecule has 0 amide bonds. The molecule has 1 atom stereocenters. The third kappa shape index (κ3) is 3.80. The molecular formula is C11H11Cl2FN2O2S. The molecule has 0 fully saturated rings. The number of benzene rings is 1. The van der Waals surface area contributed by atoms with Gasteiger partial charge >= 0.3 is 0 Å². The van der Waals surface area contributed by atoms with E-state index in [0.29, 0.717) is 12.8 Å². The van der Waals surface area contributed by atoms with Gasteiger partial charge in [0.1, 0.15) is 10.9 Å². The molecule has 8 heteroatoms. The van der Waals surface area contributed by atoms with Crippen molar-refractivity contribution in [2.45, 2.75) is 30.7 Å². The summed E-state index contributed by atoms with van der Waals surface area (Å²) in [6.07, 6.45) is 0.979. The van der Waals surface area contributed by atoms with Crippen LogP contribution >= 0.6 is 23.2 Å². The van der Waals surface area contributed by atoms with Crippen LogP contribution in [0, 0.1) is 17.1 Å². The van der Waals surface area contributed by atoms with E-state index in [-0.39, 0.29) is 5.02 Å². The van der Waals surface area contributed by atoms with Crippen LogP contribution in [0.15, 0.2) is 17.0 Å². The first-order chi connectivity index (χ1) is 8.83. The Labute approximate surface area is 121 Å². The summed E-state index contributed by atoms with van der Waals surface area (Å²) in [7, 11) is -4.07. The van der Waals surface area contributed by atoms with E-state index >= 15 is 0 Å². The molecule has 1 rings (SSSR count). The van der Waals surface area contributed by atoms with E-state index in [9.17, 15) is 12.8 Å². The van der Waals surface area contributed by atoms with Gasteiger partial charge in [-0.2, -0.15) is 9.98 Å². The first kappa shape index (κ1) is 16.2. The van der Waals surface area contributed by atoms with Crippen molar-refractivity contribution in [3.05, 3.63) is 28.0 Å². The average Bonchev–Trinajstić information content (AvgIpc) is 2.34. The summed E-state index contributed by atoms with van der Waals surface area (Å²) < 4.78 is 39.6. The molecule has 0 heterocycles. The summed E-state index contributed by atoms with van der Waals surface area (Å²) in [5, 5.41) is 7.97. The molecular weight excluding hydrogens is 314 g/mol. The Morgan fingerprint density at radius 3 is 2.63 bits per heavy atom. The van der Waals surface area contributed by atoms with Gasteiger partial charge < -0.3 is 0 Å². The zero-order chi connectivity index (χ0) is 14.6. The summed E-state index contributed by atoms with van der Waals surface area (Å²) in [5.41, 5.74) is 0. The van der Waals surface area contributed by atoms with E-state index in [2.05, 4.69) is 4.72 Å². The number of rotatable bonds is 5. The first-order valence-electron chi connectivity index (χ1n) is 5.39. The van der Waals surface area contributed by atoms with E-state index < -0.39 is 31.8 Å². The second kappa shape index (κ2) is 6.53. The summed E-state index contributed by atoms with van der Waals surface area (Å²) >= 11 is 11.1. The number of hydrogen-bond donors (Lipinski definition) is 1. The summed E-state index contributed by atoms with van der Waals surface area (Å²) in [6, 6.07) is 3.13. The topological polar surface area (TPSA) is 70.0 Å². The minimum absolute atomic E-state index is 0.269. The maximum Gasteiger partial charge on any atom is 0.243 e. The predicted molar refractivity (Wildman–Crippen MR) is 71.1 cm³/mol. The highest BCUT2D eigenvalue weighted by Crippen LogP contribution is 2.29. The molecule has 0 spiro atoms. The lowest BCUT2D eigenvalue weighted by Crippen LogP contribution is -2.33. The highest BCUT2D eigenvalue weighted by molar-refractivity contribution is 7.89. The Bertz CT molecular complexity index is 614. The molecule has 0 aromatic heterocycles. The molecule has 0 aliphatic heterocycles. The number of hydrogen-bond acceptors (Lipinski definition) is 3. The molecule has 19 heavy (non-hydrogen) atoms. The molecule has 0 aliphatic carbocycles. The van der Waals surface area contributed by atoms with Crippen molar-refractivity contribution in [3.8, 4) is 6.07 Å². The predicted octanol–water partition coefficient (Wildman–Crippen LogP) is 3.10. The monoisotopic (exact) mass is 324 g/mol. The van der Waals surface area contributed by atoms with Gasteiger partial charge in [-0.1, -0.05) is 36.5 Å². The Balaban J connectivity index is 3.15. The van der Waals surface area contributed by atoms with Gasteiger partial charge in [0.2, 0.25) is 10.0 Å². The number of nitriles is 1.